The predicted molar refractivity (Wildman–Crippen MR) is 64.7 cm³/mol. The van der Waals surface area contributed by atoms with E-state index >= 15 is 0 Å². The van der Waals surface area contributed by atoms with E-state index in [-0.39, 0.29) is 5.91 Å². The van der Waals surface area contributed by atoms with Crippen molar-refractivity contribution in [3.05, 3.63) is 65.2 Å². The first-order valence-corrected chi connectivity index (χ1v) is 5.17. The number of hydrogen-bond acceptors (Lipinski definition) is 1. The molecule has 0 saturated heterocycles. The second-order valence-corrected chi connectivity index (χ2v) is 3.65. The van der Waals surface area contributed by atoms with Gasteiger partial charge in [0.25, 0.3) is 5.91 Å². The fraction of sp³-hybridized carbons (Fsp3) is 0. The smallest absolute Gasteiger partial charge is 0.255 e. The van der Waals surface area contributed by atoms with Gasteiger partial charge in [0.1, 0.15) is 0 Å². The summed E-state index contributed by atoms with van der Waals surface area (Å²) in [6.45, 7) is 0. The van der Waals surface area contributed by atoms with Crippen LogP contribution in [0.25, 0.3) is 0 Å². The number of halogens is 1. The Balaban J connectivity index is 2.12. The molecule has 1 radical (unpaired) electrons. The van der Waals surface area contributed by atoms with Crippen molar-refractivity contribution in [2.45, 2.75) is 0 Å². The molecule has 1 amide bonds. The molecule has 2 rings (SSSR count). The largest absolute Gasteiger partial charge is 0.322 e. The minimum Gasteiger partial charge on any atom is -0.322 e. The van der Waals surface area contributed by atoms with Crippen LogP contribution in [0, 0.1) is 6.07 Å². The molecule has 16 heavy (non-hydrogen) atoms. The fourth-order valence-electron chi connectivity index (χ4n) is 1.27. The summed E-state index contributed by atoms with van der Waals surface area (Å²) < 4.78 is 0. The van der Waals surface area contributed by atoms with Crippen LogP contribution in [0.15, 0.2) is 48.5 Å². The SMILES string of the molecule is O=C(Nc1ccccc1)c1c[c]c(Cl)cc1. The van der Waals surface area contributed by atoms with Crippen LogP contribution < -0.4 is 5.32 Å². The number of para-hydroxylation sites is 1. The van der Waals surface area contributed by atoms with Crippen LogP contribution >= 0.6 is 11.6 Å². The zero-order valence-corrected chi connectivity index (χ0v) is 9.16. The van der Waals surface area contributed by atoms with E-state index in [2.05, 4.69) is 11.4 Å². The molecular formula is C13H9ClNO. The number of amides is 1. The van der Waals surface area contributed by atoms with Gasteiger partial charge in [-0.05, 0) is 30.3 Å². The van der Waals surface area contributed by atoms with Crippen molar-refractivity contribution in [1.82, 2.24) is 0 Å². The van der Waals surface area contributed by atoms with Crippen LogP contribution in [-0.4, -0.2) is 5.91 Å². The van der Waals surface area contributed by atoms with Crippen LogP contribution in [0.4, 0.5) is 5.69 Å². The molecule has 3 heteroatoms. The number of nitrogens with one attached hydrogen (secondary N) is 1. The van der Waals surface area contributed by atoms with Crippen LogP contribution in [-0.2, 0) is 0 Å². The molecule has 0 aliphatic carbocycles. The molecule has 0 bridgehead atoms. The molecule has 0 aliphatic rings. The Morgan fingerprint density at radius 3 is 2.50 bits per heavy atom. The van der Waals surface area contributed by atoms with Crippen molar-refractivity contribution in [2.75, 3.05) is 5.32 Å². The minimum absolute atomic E-state index is 0.167. The number of carbonyl (C=O) groups is 1. The molecule has 0 heterocycles. The maximum atomic E-state index is 11.8. The Hall–Kier alpha value is -1.80. The molecule has 2 aromatic carbocycles. The first-order chi connectivity index (χ1) is 7.75. The zero-order chi connectivity index (χ0) is 11.4. The number of hydrogen-bond donors (Lipinski definition) is 1. The molecule has 1 N–H and O–H groups in total. The molecule has 0 fully saturated rings. The predicted octanol–water partition coefficient (Wildman–Crippen LogP) is 3.39. The lowest BCUT2D eigenvalue weighted by Crippen LogP contribution is -2.11. The summed E-state index contributed by atoms with van der Waals surface area (Å²) in [5, 5.41) is 3.27. The Labute approximate surface area is 98.9 Å². The van der Waals surface area contributed by atoms with E-state index in [0.717, 1.165) is 5.69 Å². The van der Waals surface area contributed by atoms with Crippen LogP contribution in [0.2, 0.25) is 5.02 Å². The summed E-state index contributed by atoms with van der Waals surface area (Å²) >= 11 is 5.69. The van der Waals surface area contributed by atoms with Gasteiger partial charge in [-0.1, -0.05) is 29.8 Å². The molecule has 2 aromatic rings. The molecule has 0 spiro atoms. The highest BCUT2D eigenvalue weighted by Gasteiger charge is 2.04. The maximum absolute atomic E-state index is 11.8. The Bertz CT molecular complexity index is 479. The van der Waals surface area contributed by atoms with Crippen LogP contribution in [0.1, 0.15) is 10.4 Å². The molecule has 0 unspecified atom stereocenters. The van der Waals surface area contributed by atoms with Gasteiger partial charge >= 0.3 is 0 Å². The molecule has 0 aromatic heterocycles. The van der Waals surface area contributed by atoms with Gasteiger partial charge in [0.05, 0.1) is 0 Å². The topological polar surface area (TPSA) is 29.1 Å². The number of anilines is 1. The minimum atomic E-state index is -0.167. The van der Waals surface area contributed by atoms with Crippen LogP contribution in [0.5, 0.6) is 0 Å². The Morgan fingerprint density at radius 2 is 1.88 bits per heavy atom. The molecule has 0 saturated carbocycles. The van der Waals surface area contributed by atoms with Crippen LogP contribution in [0.3, 0.4) is 0 Å². The van der Waals surface area contributed by atoms with Gasteiger partial charge in [0.2, 0.25) is 0 Å². The van der Waals surface area contributed by atoms with Crippen molar-refractivity contribution >= 4 is 23.2 Å². The van der Waals surface area contributed by atoms with E-state index in [4.69, 9.17) is 11.6 Å². The second kappa shape index (κ2) is 4.81. The Morgan fingerprint density at radius 1 is 1.12 bits per heavy atom. The first-order valence-electron chi connectivity index (χ1n) is 4.79. The van der Waals surface area contributed by atoms with Crippen molar-refractivity contribution < 1.29 is 4.79 Å². The third-order valence-corrected chi connectivity index (χ3v) is 2.30. The molecule has 0 aliphatic heterocycles. The van der Waals surface area contributed by atoms with Gasteiger partial charge in [-0.25, -0.2) is 0 Å². The first kappa shape index (κ1) is 10.7. The summed E-state index contributed by atoms with van der Waals surface area (Å²) in [5.41, 5.74) is 1.30. The number of carbonyl (C=O) groups excluding carboxylic acids is 1. The fourth-order valence-corrected chi connectivity index (χ4v) is 1.39. The van der Waals surface area contributed by atoms with Crippen molar-refractivity contribution in [3.8, 4) is 0 Å². The standard InChI is InChI=1S/C13H9ClNO/c14-11-8-6-10(7-9-11)13(16)15-12-4-2-1-3-5-12/h1-8H,(H,15,16). The Kier molecular flexibility index (Phi) is 3.22. The summed E-state index contributed by atoms with van der Waals surface area (Å²) in [5.74, 6) is -0.167. The van der Waals surface area contributed by atoms with Gasteiger partial charge in [-0.3, -0.25) is 4.79 Å². The summed E-state index contributed by atoms with van der Waals surface area (Å²) in [7, 11) is 0. The molecular weight excluding hydrogens is 222 g/mol. The lowest BCUT2D eigenvalue weighted by Gasteiger charge is -2.04. The number of benzene rings is 2. The van der Waals surface area contributed by atoms with Gasteiger partial charge in [0.15, 0.2) is 0 Å². The summed E-state index contributed by atoms with van der Waals surface area (Å²) in [4.78, 5) is 11.8. The van der Waals surface area contributed by atoms with E-state index in [1.165, 1.54) is 0 Å². The highest BCUT2D eigenvalue weighted by atomic mass is 35.5. The van der Waals surface area contributed by atoms with Crippen molar-refractivity contribution in [2.24, 2.45) is 0 Å². The monoisotopic (exact) mass is 230 g/mol. The van der Waals surface area contributed by atoms with Gasteiger partial charge in [-0.15, -0.1) is 0 Å². The van der Waals surface area contributed by atoms with E-state index < -0.39 is 0 Å². The average molecular weight is 231 g/mol. The van der Waals surface area contributed by atoms with E-state index in [1.54, 1.807) is 18.2 Å². The third kappa shape index (κ3) is 2.61. The van der Waals surface area contributed by atoms with Gasteiger partial charge < -0.3 is 5.32 Å². The number of rotatable bonds is 2. The lowest BCUT2D eigenvalue weighted by atomic mass is 10.2. The highest BCUT2D eigenvalue weighted by Crippen LogP contribution is 2.11. The molecule has 79 valence electrons. The van der Waals surface area contributed by atoms with E-state index in [0.29, 0.717) is 10.6 Å². The normalized spacial score (nSPS) is 9.81. The maximum Gasteiger partial charge on any atom is 0.255 e. The van der Waals surface area contributed by atoms with Crippen molar-refractivity contribution in [1.29, 1.82) is 0 Å². The second-order valence-electron chi connectivity index (χ2n) is 3.25. The van der Waals surface area contributed by atoms with E-state index in [9.17, 15) is 4.79 Å². The summed E-state index contributed by atoms with van der Waals surface area (Å²) in [6.07, 6.45) is 0. The lowest BCUT2D eigenvalue weighted by molar-refractivity contribution is 0.102. The van der Waals surface area contributed by atoms with Gasteiger partial charge in [-0.2, -0.15) is 0 Å². The average Bonchev–Trinajstić information content (AvgIpc) is 2.31. The quantitative estimate of drug-likeness (QED) is 0.842. The summed E-state index contributed by atoms with van der Waals surface area (Å²) in [6, 6.07) is 16.9. The highest BCUT2D eigenvalue weighted by molar-refractivity contribution is 6.30. The molecule has 0 atom stereocenters. The zero-order valence-electron chi connectivity index (χ0n) is 8.41. The van der Waals surface area contributed by atoms with E-state index in [1.807, 2.05) is 30.3 Å². The van der Waals surface area contributed by atoms with Crippen molar-refractivity contribution in [3.63, 3.8) is 0 Å². The van der Waals surface area contributed by atoms with Gasteiger partial charge in [0, 0.05) is 22.3 Å². The molecule has 2 nitrogen and oxygen atoms in total. The third-order valence-electron chi connectivity index (χ3n) is 2.07.